The van der Waals surface area contributed by atoms with Crippen LogP contribution in [0.4, 0.5) is 0 Å². The molecule has 0 aromatic heterocycles. The lowest BCUT2D eigenvalue weighted by Gasteiger charge is -2.27. The van der Waals surface area contributed by atoms with E-state index < -0.39 is 5.97 Å². The molecule has 0 aliphatic carbocycles. The van der Waals surface area contributed by atoms with Gasteiger partial charge in [-0.15, -0.1) is 0 Å². The van der Waals surface area contributed by atoms with Crippen molar-refractivity contribution in [3.8, 4) is 0 Å². The first kappa shape index (κ1) is 15.0. The fourth-order valence-corrected chi connectivity index (χ4v) is 2.58. The van der Waals surface area contributed by atoms with Crippen LogP contribution in [0.25, 0.3) is 0 Å². The number of carboxylic acids is 1. The van der Waals surface area contributed by atoms with Gasteiger partial charge in [-0.1, -0.05) is 13.8 Å². The molecule has 0 saturated carbocycles. The van der Waals surface area contributed by atoms with E-state index in [1.54, 1.807) is 12.0 Å². The first-order valence-electron chi connectivity index (χ1n) is 6.58. The van der Waals surface area contributed by atoms with Gasteiger partial charge in [-0.25, -0.2) is 0 Å². The molecule has 2 atom stereocenters. The number of hydrogen-bond acceptors (Lipinski definition) is 3. The Kier molecular flexibility index (Phi) is 5.59. The zero-order chi connectivity index (χ0) is 13.7. The summed E-state index contributed by atoms with van der Waals surface area (Å²) in [5.41, 5.74) is 0. The van der Waals surface area contributed by atoms with Crippen LogP contribution in [0, 0.1) is 5.92 Å². The summed E-state index contributed by atoms with van der Waals surface area (Å²) in [6.07, 6.45) is 2.18. The normalized spacial score (nSPS) is 23.7. The topological polar surface area (TPSA) is 66.8 Å². The van der Waals surface area contributed by atoms with Gasteiger partial charge in [0.2, 0.25) is 5.91 Å². The van der Waals surface area contributed by atoms with Crippen LogP contribution in [0.5, 0.6) is 0 Å². The van der Waals surface area contributed by atoms with Gasteiger partial charge in [0.1, 0.15) is 0 Å². The molecule has 5 heteroatoms. The summed E-state index contributed by atoms with van der Waals surface area (Å²) in [5.74, 6) is -0.790. The van der Waals surface area contributed by atoms with Crippen molar-refractivity contribution in [1.82, 2.24) is 4.90 Å². The van der Waals surface area contributed by atoms with Gasteiger partial charge in [-0.2, -0.15) is 0 Å². The fourth-order valence-electron chi connectivity index (χ4n) is 2.58. The second kappa shape index (κ2) is 6.73. The molecular weight excluding hydrogens is 234 g/mol. The second-order valence-electron chi connectivity index (χ2n) is 4.85. The standard InChI is InChI=1S/C13H23NO4/c1-4-9(5-2)13(17)14-8-11(18-3)6-10(14)7-12(15)16/h9-11H,4-8H2,1-3H3,(H,15,16). The zero-order valence-corrected chi connectivity index (χ0v) is 11.4. The highest BCUT2D eigenvalue weighted by Crippen LogP contribution is 2.26. The number of carbonyl (C=O) groups is 2. The highest BCUT2D eigenvalue weighted by atomic mass is 16.5. The molecule has 1 saturated heterocycles. The molecule has 1 N–H and O–H groups in total. The Morgan fingerprint density at radius 2 is 2.00 bits per heavy atom. The summed E-state index contributed by atoms with van der Waals surface area (Å²) in [4.78, 5) is 24.9. The number of likely N-dealkylation sites (tertiary alicyclic amines) is 1. The van der Waals surface area contributed by atoms with Gasteiger partial charge in [0.15, 0.2) is 0 Å². The van der Waals surface area contributed by atoms with E-state index in [4.69, 9.17) is 9.84 Å². The number of nitrogens with zero attached hydrogens (tertiary/aromatic N) is 1. The second-order valence-corrected chi connectivity index (χ2v) is 4.85. The van der Waals surface area contributed by atoms with Gasteiger partial charge in [-0.3, -0.25) is 9.59 Å². The number of rotatable bonds is 6. The maximum Gasteiger partial charge on any atom is 0.305 e. The van der Waals surface area contributed by atoms with E-state index in [0.717, 1.165) is 12.8 Å². The van der Waals surface area contributed by atoms with E-state index in [-0.39, 0.29) is 30.4 Å². The van der Waals surface area contributed by atoms with Gasteiger partial charge < -0.3 is 14.7 Å². The third-order valence-electron chi connectivity index (χ3n) is 3.74. The molecule has 5 nitrogen and oxygen atoms in total. The Labute approximate surface area is 108 Å². The minimum atomic E-state index is -0.862. The molecule has 2 unspecified atom stereocenters. The van der Waals surface area contributed by atoms with E-state index in [9.17, 15) is 9.59 Å². The van der Waals surface area contributed by atoms with Crippen LogP contribution in [0.1, 0.15) is 39.5 Å². The molecule has 18 heavy (non-hydrogen) atoms. The van der Waals surface area contributed by atoms with Crippen LogP contribution in [0.3, 0.4) is 0 Å². The van der Waals surface area contributed by atoms with Crippen molar-refractivity contribution < 1.29 is 19.4 Å². The molecule has 0 radical (unpaired) electrons. The van der Waals surface area contributed by atoms with Gasteiger partial charge in [0, 0.05) is 25.6 Å². The number of hydrogen-bond donors (Lipinski definition) is 1. The van der Waals surface area contributed by atoms with Crippen molar-refractivity contribution in [2.24, 2.45) is 5.92 Å². The zero-order valence-electron chi connectivity index (χ0n) is 11.4. The lowest BCUT2D eigenvalue weighted by atomic mass is 10.0. The first-order valence-corrected chi connectivity index (χ1v) is 6.58. The molecule has 1 aliphatic rings. The van der Waals surface area contributed by atoms with E-state index in [2.05, 4.69) is 0 Å². The Morgan fingerprint density at radius 1 is 1.39 bits per heavy atom. The van der Waals surface area contributed by atoms with E-state index in [1.165, 1.54) is 0 Å². The highest BCUT2D eigenvalue weighted by molar-refractivity contribution is 5.80. The first-order chi connectivity index (χ1) is 8.53. The van der Waals surface area contributed by atoms with Crippen LogP contribution < -0.4 is 0 Å². The Hall–Kier alpha value is -1.10. The molecule has 0 spiro atoms. The van der Waals surface area contributed by atoms with E-state index >= 15 is 0 Å². The number of carboxylic acid groups (broad SMARTS) is 1. The van der Waals surface area contributed by atoms with Crippen molar-refractivity contribution in [1.29, 1.82) is 0 Å². The number of carbonyl (C=O) groups excluding carboxylic acids is 1. The Bertz CT molecular complexity index is 301. The van der Waals surface area contributed by atoms with Crippen molar-refractivity contribution in [3.63, 3.8) is 0 Å². The molecule has 1 amide bonds. The van der Waals surface area contributed by atoms with Gasteiger partial charge in [-0.05, 0) is 19.3 Å². The summed E-state index contributed by atoms with van der Waals surface area (Å²) in [7, 11) is 1.60. The quantitative estimate of drug-likeness (QED) is 0.783. The van der Waals surface area contributed by atoms with Crippen molar-refractivity contribution in [2.75, 3.05) is 13.7 Å². The summed E-state index contributed by atoms with van der Waals surface area (Å²) in [6, 6.07) is -0.222. The van der Waals surface area contributed by atoms with Gasteiger partial charge in [0.25, 0.3) is 0 Å². The lowest BCUT2D eigenvalue weighted by molar-refractivity contribution is -0.141. The van der Waals surface area contributed by atoms with Crippen molar-refractivity contribution in [3.05, 3.63) is 0 Å². The predicted octanol–water partition coefficient (Wildman–Crippen LogP) is 1.51. The van der Waals surface area contributed by atoms with Crippen molar-refractivity contribution in [2.45, 2.75) is 51.7 Å². The van der Waals surface area contributed by atoms with Gasteiger partial charge in [0.05, 0.1) is 12.5 Å². The maximum absolute atomic E-state index is 12.3. The smallest absolute Gasteiger partial charge is 0.305 e. The van der Waals surface area contributed by atoms with Crippen LogP contribution in [0.15, 0.2) is 0 Å². The molecule has 1 fully saturated rings. The number of ether oxygens (including phenoxy) is 1. The lowest BCUT2D eigenvalue weighted by Crippen LogP contribution is -2.40. The molecule has 104 valence electrons. The summed E-state index contributed by atoms with van der Waals surface area (Å²) >= 11 is 0. The molecule has 0 aromatic carbocycles. The molecule has 1 rings (SSSR count). The highest BCUT2D eigenvalue weighted by Gasteiger charge is 2.38. The third-order valence-corrected chi connectivity index (χ3v) is 3.74. The Morgan fingerprint density at radius 3 is 2.44 bits per heavy atom. The van der Waals surface area contributed by atoms with Crippen molar-refractivity contribution >= 4 is 11.9 Å². The molecular formula is C13H23NO4. The summed E-state index contributed by atoms with van der Waals surface area (Å²) in [6.45, 7) is 4.49. The average Bonchev–Trinajstić information content (AvgIpc) is 2.72. The molecule has 1 aliphatic heterocycles. The van der Waals surface area contributed by atoms with E-state index in [0.29, 0.717) is 13.0 Å². The minimum absolute atomic E-state index is 0.00287. The largest absolute Gasteiger partial charge is 0.481 e. The fraction of sp³-hybridized carbons (Fsp3) is 0.846. The average molecular weight is 257 g/mol. The van der Waals surface area contributed by atoms with Crippen LogP contribution in [0.2, 0.25) is 0 Å². The SMILES string of the molecule is CCC(CC)C(=O)N1CC(OC)CC1CC(=O)O. The Balaban J connectivity index is 2.75. The number of amides is 1. The number of aliphatic carboxylic acids is 1. The monoisotopic (exact) mass is 257 g/mol. The molecule has 0 aromatic rings. The predicted molar refractivity (Wildman–Crippen MR) is 67.2 cm³/mol. The van der Waals surface area contributed by atoms with Crippen LogP contribution in [-0.2, 0) is 14.3 Å². The summed E-state index contributed by atoms with van der Waals surface area (Å²) in [5, 5.41) is 8.91. The summed E-state index contributed by atoms with van der Waals surface area (Å²) < 4.78 is 5.26. The third kappa shape index (κ3) is 3.45. The maximum atomic E-state index is 12.3. The van der Waals surface area contributed by atoms with Gasteiger partial charge >= 0.3 is 5.97 Å². The number of methoxy groups -OCH3 is 1. The molecule has 1 heterocycles. The minimum Gasteiger partial charge on any atom is -0.481 e. The van der Waals surface area contributed by atoms with Crippen LogP contribution >= 0.6 is 0 Å². The molecule has 0 bridgehead atoms. The van der Waals surface area contributed by atoms with Crippen LogP contribution in [-0.4, -0.2) is 47.7 Å². The van der Waals surface area contributed by atoms with E-state index in [1.807, 2.05) is 13.8 Å².